The number of nitrogens with zero attached hydrogens (tertiary/aromatic N) is 3. The number of hydrogen-bond acceptors (Lipinski definition) is 4. The van der Waals surface area contributed by atoms with Gasteiger partial charge in [0.15, 0.2) is 5.82 Å². The number of hydrogen-bond donors (Lipinski definition) is 1. The molecule has 0 bridgehead atoms. The highest BCUT2D eigenvalue weighted by Gasteiger charge is 2.31. The number of aromatic nitrogens is 2. The van der Waals surface area contributed by atoms with Gasteiger partial charge in [-0.1, -0.05) is 12.2 Å². The number of nitrogens with two attached hydrogens (primary N) is 1. The Morgan fingerprint density at radius 2 is 1.89 bits per heavy atom. The fourth-order valence-corrected chi connectivity index (χ4v) is 2.38. The molecular formula is C13H18N4S. The third-order valence-electron chi connectivity index (χ3n) is 3.62. The largest absolute Gasteiger partial charge is 0.389 e. The Labute approximate surface area is 113 Å². The van der Waals surface area contributed by atoms with E-state index in [-0.39, 0.29) is 0 Å². The van der Waals surface area contributed by atoms with Crippen LogP contribution in [0, 0.1) is 11.8 Å². The Kier molecular flexibility index (Phi) is 3.16. The molecule has 0 unspecified atom stereocenters. The Hall–Kier alpha value is -1.23. The van der Waals surface area contributed by atoms with Gasteiger partial charge in [-0.05, 0) is 43.6 Å². The van der Waals surface area contributed by atoms with Gasteiger partial charge in [-0.15, -0.1) is 5.10 Å². The van der Waals surface area contributed by atoms with Crippen LogP contribution in [0.25, 0.3) is 0 Å². The third-order valence-corrected chi connectivity index (χ3v) is 3.84. The van der Waals surface area contributed by atoms with Crippen LogP contribution in [0.2, 0.25) is 0 Å². The molecule has 4 nitrogen and oxygen atoms in total. The monoisotopic (exact) mass is 262 g/mol. The van der Waals surface area contributed by atoms with Gasteiger partial charge in [0.25, 0.3) is 0 Å². The third kappa shape index (κ3) is 2.77. The molecule has 2 fully saturated rings. The van der Waals surface area contributed by atoms with E-state index in [4.69, 9.17) is 18.0 Å². The molecule has 18 heavy (non-hydrogen) atoms. The number of rotatable bonds is 6. The first kappa shape index (κ1) is 11.8. The van der Waals surface area contributed by atoms with Gasteiger partial charge in [0.1, 0.15) is 4.99 Å². The standard InChI is InChI=1S/C13H18N4S/c14-12(18)11-5-6-15-16-13(11)17(7-9-1-2-9)8-10-3-4-10/h5-6,9-10H,1-4,7-8H2,(H2,14,18). The predicted octanol–water partition coefficient (Wildman–Crippen LogP) is 1.74. The molecule has 0 radical (unpaired) electrons. The maximum absolute atomic E-state index is 5.78. The highest BCUT2D eigenvalue weighted by molar-refractivity contribution is 7.80. The summed E-state index contributed by atoms with van der Waals surface area (Å²) < 4.78 is 0. The van der Waals surface area contributed by atoms with Crippen molar-refractivity contribution in [2.24, 2.45) is 17.6 Å². The summed E-state index contributed by atoms with van der Waals surface area (Å²) in [6, 6.07) is 1.87. The summed E-state index contributed by atoms with van der Waals surface area (Å²) in [5.41, 5.74) is 6.64. The quantitative estimate of drug-likeness (QED) is 0.791. The van der Waals surface area contributed by atoms with Crippen molar-refractivity contribution in [1.29, 1.82) is 0 Å². The van der Waals surface area contributed by atoms with Crippen LogP contribution in [0.1, 0.15) is 31.2 Å². The van der Waals surface area contributed by atoms with Crippen molar-refractivity contribution >= 4 is 23.0 Å². The van der Waals surface area contributed by atoms with E-state index in [0.717, 1.165) is 36.3 Å². The molecule has 1 heterocycles. The SMILES string of the molecule is NC(=S)c1ccnnc1N(CC1CC1)CC1CC1. The van der Waals surface area contributed by atoms with Gasteiger partial charge in [0, 0.05) is 13.1 Å². The van der Waals surface area contributed by atoms with Gasteiger partial charge in [-0.2, -0.15) is 5.10 Å². The molecule has 0 amide bonds. The summed E-state index contributed by atoms with van der Waals surface area (Å²) in [5.74, 6) is 2.53. The van der Waals surface area contributed by atoms with E-state index in [1.54, 1.807) is 6.20 Å². The second-order valence-corrected chi connectivity index (χ2v) is 5.86. The molecule has 0 saturated heterocycles. The zero-order valence-electron chi connectivity index (χ0n) is 10.4. The predicted molar refractivity (Wildman–Crippen MR) is 75.6 cm³/mol. The first-order valence-corrected chi connectivity index (χ1v) is 7.01. The molecule has 0 atom stereocenters. The van der Waals surface area contributed by atoms with Crippen molar-refractivity contribution in [2.75, 3.05) is 18.0 Å². The topological polar surface area (TPSA) is 55.0 Å². The van der Waals surface area contributed by atoms with Crippen molar-refractivity contribution in [2.45, 2.75) is 25.7 Å². The van der Waals surface area contributed by atoms with E-state index in [2.05, 4.69) is 15.1 Å². The van der Waals surface area contributed by atoms with Crippen LogP contribution in [0.4, 0.5) is 5.82 Å². The van der Waals surface area contributed by atoms with Crippen LogP contribution in [0.3, 0.4) is 0 Å². The van der Waals surface area contributed by atoms with Crippen LogP contribution in [0.15, 0.2) is 12.3 Å². The molecule has 2 saturated carbocycles. The van der Waals surface area contributed by atoms with E-state index < -0.39 is 0 Å². The minimum atomic E-state index is 0.413. The van der Waals surface area contributed by atoms with Gasteiger partial charge in [-0.25, -0.2) is 0 Å². The minimum absolute atomic E-state index is 0.413. The van der Waals surface area contributed by atoms with E-state index in [0.29, 0.717) is 4.99 Å². The summed E-state index contributed by atoms with van der Waals surface area (Å²) >= 11 is 5.11. The smallest absolute Gasteiger partial charge is 0.161 e. The lowest BCUT2D eigenvalue weighted by Crippen LogP contribution is -2.31. The van der Waals surface area contributed by atoms with Crippen molar-refractivity contribution in [3.8, 4) is 0 Å². The minimum Gasteiger partial charge on any atom is -0.389 e. The molecule has 0 aliphatic heterocycles. The van der Waals surface area contributed by atoms with Crippen LogP contribution in [0.5, 0.6) is 0 Å². The van der Waals surface area contributed by atoms with Crippen molar-refractivity contribution < 1.29 is 0 Å². The second kappa shape index (κ2) is 4.80. The highest BCUT2D eigenvalue weighted by Crippen LogP contribution is 2.35. The zero-order valence-corrected chi connectivity index (χ0v) is 11.2. The molecule has 96 valence electrons. The van der Waals surface area contributed by atoms with Gasteiger partial charge in [-0.3, -0.25) is 0 Å². The van der Waals surface area contributed by atoms with E-state index in [1.165, 1.54) is 25.7 Å². The van der Waals surface area contributed by atoms with Gasteiger partial charge in [0.05, 0.1) is 11.8 Å². The molecule has 1 aromatic heterocycles. The Morgan fingerprint density at radius 1 is 1.28 bits per heavy atom. The van der Waals surface area contributed by atoms with Crippen LogP contribution in [-0.2, 0) is 0 Å². The normalized spacial score (nSPS) is 18.7. The maximum atomic E-state index is 5.78. The first-order chi connectivity index (χ1) is 8.74. The molecule has 1 aromatic rings. The summed E-state index contributed by atoms with van der Waals surface area (Å²) in [4.78, 5) is 2.76. The van der Waals surface area contributed by atoms with E-state index in [1.807, 2.05) is 6.07 Å². The average Bonchev–Trinajstić information content (AvgIpc) is 3.23. The van der Waals surface area contributed by atoms with Crippen LogP contribution in [-0.4, -0.2) is 28.3 Å². The summed E-state index contributed by atoms with van der Waals surface area (Å²) in [6.07, 6.45) is 7.01. The highest BCUT2D eigenvalue weighted by atomic mass is 32.1. The molecule has 2 aliphatic rings. The lowest BCUT2D eigenvalue weighted by Gasteiger charge is -2.25. The average molecular weight is 262 g/mol. The van der Waals surface area contributed by atoms with Gasteiger partial charge >= 0.3 is 0 Å². The molecule has 0 aromatic carbocycles. The van der Waals surface area contributed by atoms with Crippen molar-refractivity contribution in [3.05, 3.63) is 17.8 Å². The van der Waals surface area contributed by atoms with Gasteiger partial charge in [0.2, 0.25) is 0 Å². The van der Waals surface area contributed by atoms with Crippen LogP contribution < -0.4 is 10.6 Å². The number of thiocarbonyl (C=S) groups is 1. The fraction of sp³-hybridized carbons (Fsp3) is 0.615. The molecule has 5 heteroatoms. The van der Waals surface area contributed by atoms with Crippen molar-refractivity contribution in [3.63, 3.8) is 0 Å². The Bertz CT molecular complexity index is 440. The Balaban J connectivity index is 1.84. The van der Waals surface area contributed by atoms with E-state index in [9.17, 15) is 0 Å². The lowest BCUT2D eigenvalue weighted by molar-refractivity contribution is 0.666. The zero-order chi connectivity index (χ0) is 12.5. The molecule has 0 spiro atoms. The fourth-order valence-electron chi connectivity index (χ4n) is 2.22. The lowest BCUT2D eigenvalue weighted by atomic mass is 10.2. The number of anilines is 1. The molecular weight excluding hydrogens is 244 g/mol. The summed E-state index contributed by atoms with van der Waals surface area (Å²) in [7, 11) is 0. The van der Waals surface area contributed by atoms with Crippen molar-refractivity contribution in [1.82, 2.24) is 10.2 Å². The first-order valence-electron chi connectivity index (χ1n) is 6.60. The summed E-state index contributed by atoms with van der Waals surface area (Å²) in [6.45, 7) is 2.15. The molecule has 2 N–H and O–H groups in total. The Morgan fingerprint density at radius 3 is 2.39 bits per heavy atom. The molecule has 2 aliphatic carbocycles. The van der Waals surface area contributed by atoms with Gasteiger partial charge < -0.3 is 10.6 Å². The summed E-state index contributed by atoms with van der Waals surface area (Å²) in [5, 5.41) is 8.27. The van der Waals surface area contributed by atoms with Crippen LogP contribution >= 0.6 is 12.2 Å². The maximum Gasteiger partial charge on any atom is 0.161 e. The molecule has 3 rings (SSSR count). The van der Waals surface area contributed by atoms with E-state index >= 15 is 0 Å². The second-order valence-electron chi connectivity index (χ2n) is 5.42.